The fraction of sp³-hybridized carbons (Fsp3) is 0.471. The molecule has 3 heteroatoms. The number of hydrogen-bond donors (Lipinski definition) is 2. The van der Waals surface area contributed by atoms with Crippen LogP contribution in [0.2, 0.25) is 0 Å². The Balaban J connectivity index is 1.88. The molecule has 3 rings (SSSR count). The summed E-state index contributed by atoms with van der Waals surface area (Å²) < 4.78 is 0. The summed E-state index contributed by atoms with van der Waals surface area (Å²) in [5, 5.41) is 10.7. The summed E-state index contributed by atoms with van der Waals surface area (Å²) in [5.74, 6) is -0.506. The molecule has 1 aliphatic rings. The van der Waals surface area contributed by atoms with Gasteiger partial charge in [0.25, 0.3) is 0 Å². The standard InChI is InChI=1S/C17H21NO2/c19-17(20)14(10-12-6-2-1-3-7-12)15-11-18-16-9-5-4-8-13(15)16/h4-5,8-9,11-12,14,18H,1-3,6-7,10H2,(H,19,20). The summed E-state index contributed by atoms with van der Waals surface area (Å²) in [6.45, 7) is 0. The number of para-hydroxylation sites is 1. The largest absolute Gasteiger partial charge is 0.481 e. The molecular formula is C17H21NO2. The maximum absolute atomic E-state index is 11.7. The van der Waals surface area contributed by atoms with Crippen molar-refractivity contribution in [2.75, 3.05) is 0 Å². The first-order valence-corrected chi connectivity index (χ1v) is 7.54. The van der Waals surface area contributed by atoms with Crippen LogP contribution in [0.25, 0.3) is 10.9 Å². The predicted molar refractivity (Wildman–Crippen MR) is 79.9 cm³/mol. The minimum absolute atomic E-state index is 0.380. The van der Waals surface area contributed by atoms with Crippen molar-refractivity contribution in [3.8, 4) is 0 Å². The van der Waals surface area contributed by atoms with E-state index in [1.807, 2.05) is 30.5 Å². The van der Waals surface area contributed by atoms with Crippen LogP contribution in [-0.4, -0.2) is 16.1 Å². The zero-order valence-corrected chi connectivity index (χ0v) is 11.6. The first kappa shape index (κ1) is 13.2. The van der Waals surface area contributed by atoms with Crippen molar-refractivity contribution in [2.24, 2.45) is 5.92 Å². The van der Waals surface area contributed by atoms with E-state index < -0.39 is 5.97 Å². The van der Waals surface area contributed by atoms with Crippen LogP contribution in [0, 0.1) is 5.92 Å². The summed E-state index contributed by atoms with van der Waals surface area (Å²) >= 11 is 0. The number of benzene rings is 1. The van der Waals surface area contributed by atoms with Gasteiger partial charge in [-0.3, -0.25) is 4.79 Å². The second-order valence-corrected chi connectivity index (χ2v) is 5.92. The van der Waals surface area contributed by atoms with Crippen molar-refractivity contribution in [3.63, 3.8) is 0 Å². The molecule has 2 aromatic rings. The first-order valence-electron chi connectivity index (χ1n) is 7.54. The van der Waals surface area contributed by atoms with E-state index in [9.17, 15) is 9.90 Å². The third kappa shape index (κ3) is 2.58. The monoisotopic (exact) mass is 271 g/mol. The second kappa shape index (κ2) is 5.70. The van der Waals surface area contributed by atoms with Crippen molar-refractivity contribution < 1.29 is 9.90 Å². The molecule has 0 spiro atoms. The molecule has 1 heterocycles. The number of aromatic nitrogens is 1. The van der Waals surface area contributed by atoms with E-state index in [1.165, 1.54) is 32.1 Å². The zero-order valence-electron chi connectivity index (χ0n) is 11.6. The lowest BCUT2D eigenvalue weighted by Crippen LogP contribution is -2.17. The molecule has 0 bridgehead atoms. The third-order valence-corrected chi connectivity index (χ3v) is 4.59. The van der Waals surface area contributed by atoms with Crippen LogP contribution < -0.4 is 0 Å². The van der Waals surface area contributed by atoms with Crippen molar-refractivity contribution in [3.05, 3.63) is 36.0 Å². The molecule has 1 unspecified atom stereocenters. The van der Waals surface area contributed by atoms with Crippen molar-refractivity contribution in [1.29, 1.82) is 0 Å². The minimum Gasteiger partial charge on any atom is -0.481 e. The highest BCUT2D eigenvalue weighted by molar-refractivity contribution is 5.89. The van der Waals surface area contributed by atoms with E-state index in [-0.39, 0.29) is 5.92 Å². The van der Waals surface area contributed by atoms with Gasteiger partial charge in [-0.25, -0.2) is 0 Å². The molecule has 106 valence electrons. The van der Waals surface area contributed by atoms with Gasteiger partial charge in [0.2, 0.25) is 0 Å². The SMILES string of the molecule is O=C(O)C(CC1CCCCC1)c1c[nH]c2ccccc12. The van der Waals surface area contributed by atoms with E-state index in [1.54, 1.807) is 0 Å². The topological polar surface area (TPSA) is 53.1 Å². The van der Waals surface area contributed by atoms with Gasteiger partial charge in [0.05, 0.1) is 5.92 Å². The Kier molecular flexibility index (Phi) is 3.77. The highest BCUT2D eigenvalue weighted by Gasteiger charge is 2.27. The Labute approximate surface area is 119 Å². The third-order valence-electron chi connectivity index (χ3n) is 4.59. The minimum atomic E-state index is -0.694. The fourth-order valence-corrected chi connectivity index (χ4v) is 3.50. The number of carbonyl (C=O) groups is 1. The van der Waals surface area contributed by atoms with Gasteiger partial charge in [-0.15, -0.1) is 0 Å². The first-order chi connectivity index (χ1) is 9.75. The van der Waals surface area contributed by atoms with Crippen LogP contribution in [0.4, 0.5) is 0 Å². The number of carboxylic acid groups (broad SMARTS) is 1. The van der Waals surface area contributed by atoms with Crippen LogP contribution >= 0.6 is 0 Å². The molecule has 3 nitrogen and oxygen atoms in total. The summed E-state index contributed by atoms with van der Waals surface area (Å²) in [4.78, 5) is 14.9. The van der Waals surface area contributed by atoms with E-state index in [0.29, 0.717) is 5.92 Å². The van der Waals surface area contributed by atoms with E-state index >= 15 is 0 Å². The fourth-order valence-electron chi connectivity index (χ4n) is 3.50. The molecule has 1 aromatic heterocycles. The molecular weight excluding hydrogens is 250 g/mol. The Bertz CT molecular complexity index is 596. The number of carboxylic acids is 1. The Hall–Kier alpha value is -1.77. The van der Waals surface area contributed by atoms with Crippen LogP contribution in [0.3, 0.4) is 0 Å². The number of nitrogens with one attached hydrogen (secondary N) is 1. The van der Waals surface area contributed by atoms with Crippen molar-refractivity contribution >= 4 is 16.9 Å². The summed E-state index contributed by atoms with van der Waals surface area (Å²) in [6, 6.07) is 7.95. The van der Waals surface area contributed by atoms with Gasteiger partial charge >= 0.3 is 5.97 Å². The van der Waals surface area contributed by atoms with Crippen LogP contribution in [0.15, 0.2) is 30.5 Å². The lowest BCUT2D eigenvalue weighted by molar-refractivity contribution is -0.139. The van der Waals surface area contributed by atoms with Gasteiger partial charge in [0.15, 0.2) is 0 Å². The van der Waals surface area contributed by atoms with Gasteiger partial charge < -0.3 is 10.1 Å². The molecule has 1 aromatic carbocycles. The van der Waals surface area contributed by atoms with E-state index in [4.69, 9.17) is 0 Å². The van der Waals surface area contributed by atoms with Gasteiger partial charge in [0.1, 0.15) is 0 Å². The van der Waals surface area contributed by atoms with Gasteiger partial charge in [-0.2, -0.15) is 0 Å². The Morgan fingerprint density at radius 3 is 2.75 bits per heavy atom. The van der Waals surface area contributed by atoms with Crippen molar-refractivity contribution in [2.45, 2.75) is 44.4 Å². The maximum atomic E-state index is 11.7. The molecule has 1 fully saturated rings. The molecule has 1 atom stereocenters. The number of aliphatic carboxylic acids is 1. The number of fused-ring (bicyclic) bond motifs is 1. The molecule has 0 aliphatic heterocycles. The lowest BCUT2D eigenvalue weighted by atomic mass is 9.80. The van der Waals surface area contributed by atoms with Gasteiger partial charge in [-0.1, -0.05) is 50.3 Å². The summed E-state index contributed by atoms with van der Waals surface area (Å²) in [5.41, 5.74) is 1.97. The molecule has 20 heavy (non-hydrogen) atoms. The highest BCUT2D eigenvalue weighted by Crippen LogP contribution is 2.35. The molecule has 2 N–H and O–H groups in total. The molecule has 1 aliphatic carbocycles. The molecule has 0 saturated heterocycles. The number of H-pyrrole nitrogens is 1. The lowest BCUT2D eigenvalue weighted by Gasteiger charge is -2.24. The highest BCUT2D eigenvalue weighted by atomic mass is 16.4. The summed E-state index contributed by atoms with van der Waals surface area (Å²) in [6.07, 6.45) is 8.85. The number of rotatable bonds is 4. The normalized spacial score (nSPS) is 18.2. The average Bonchev–Trinajstić information content (AvgIpc) is 2.89. The quantitative estimate of drug-likeness (QED) is 0.870. The molecule has 1 saturated carbocycles. The van der Waals surface area contributed by atoms with E-state index in [2.05, 4.69) is 4.98 Å². The second-order valence-electron chi connectivity index (χ2n) is 5.92. The zero-order chi connectivity index (χ0) is 13.9. The smallest absolute Gasteiger partial charge is 0.311 e. The Morgan fingerprint density at radius 2 is 2.00 bits per heavy atom. The van der Waals surface area contributed by atoms with Gasteiger partial charge in [-0.05, 0) is 24.0 Å². The van der Waals surface area contributed by atoms with Crippen LogP contribution in [0.1, 0.15) is 50.0 Å². The molecule has 0 radical (unpaired) electrons. The average molecular weight is 271 g/mol. The van der Waals surface area contributed by atoms with Crippen LogP contribution in [-0.2, 0) is 4.79 Å². The number of hydrogen-bond acceptors (Lipinski definition) is 1. The van der Waals surface area contributed by atoms with E-state index in [0.717, 1.165) is 22.9 Å². The maximum Gasteiger partial charge on any atom is 0.311 e. The molecule has 0 amide bonds. The Morgan fingerprint density at radius 1 is 1.25 bits per heavy atom. The van der Waals surface area contributed by atoms with Crippen LogP contribution in [0.5, 0.6) is 0 Å². The summed E-state index contributed by atoms with van der Waals surface area (Å²) in [7, 11) is 0. The van der Waals surface area contributed by atoms with Crippen molar-refractivity contribution in [1.82, 2.24) is 4.98 Å². The number of aromatic amines is 1. The predicted octanol–water partition coefficient (Wildman–Crippen LogP) is 4.31. The van der Waals surface area contributed by atoms with Gasteiger partial charge in [0, 0.05) is 17.1 Å².